The molecule has 0 aliphatic heterocycles. The molecule has 0 radical (unpaired) electrons. The van der Waals surface area contributed by atoms with Crippen LogP contribution < -0.4 is 9.47 Å². The Balaban J connectivity index is 2.98. The molecule has 0 atom stereocenters. The minimum Gasteiger partial charge on any atom is -0.493 e. The van der Waals surface area contributed by atoms with Gasteiger partial charge in [0.1, 0.15) is 0 Å². The fraction of sp³-hybridized carbons (Fsp3) is 0.417. The van der Waals surface area contributed by atoms with Crippen LogP contribution in [-0.4, -0.2) is 26.7 Å². The molecular formula is C12H16ClNO3. The number of hydrogen-bond acceptors (Lipinski definition) is 4. The van der Waals surface area contributed by atoms with E-state index in [-0.39, 0.29) is 5.90 Å². The summed E-state index contributed by atoms with van der Waals surface area (Å²) in [4.78, 5) is 0. The lowest BCUT2D eigenvalue weighted by Gasteiger charge is -2.13. The van der Waals surface area contributed by atoms with E-state index in [1.54, 1.807) is 19.2 Å². The van der Waals surface area contributed by atoms with Crippen molar-refractivity contribution in [1.82, 2.24) is 0 Å². The fourth-order valence-corrected chi connectivity index (χ4v) is 1.76. The first-order valence-corrected chi connectivity index (χ1v) is 5.61. The molecule has 0 saturated heterocycles. The maximum absolute atomic E-state index is 7.60. The number of methoxy groups -OCH3 is 2. The van der Waals surface area contributed by atoms with Gasteiger partial charge in [0.05, 0.1) is 25.8 Å². The molecule has 0 aliphatic rings. The van der Waals surface area contributed by atoms with Crippen molar-refractivity contribution in [3.63, 3.8) is 0 Å². The third-order valence-corrected chi connectivity index (χ3v) is 2.65. The standard InChI is InChI=1S/C12H16ClNO3/c1-4-17-10(14)7-8-5-6-9(15-2)12(16-3)11(8)13/h5-6,14H,4,7H2,1-3H3. The van der Waals surface area contributed by atoms with Crippen molar-refractivity contribution in [2.45, 2.75) is 13.3 Å². The molecule has 0 unspecified atom stereocenters. The predicted molar refractivity (Wildman–Crippen MR) is 67.6 cm³/mol. The molecule has 1 rings (SSSR count). The molecule has 0 saturated carbocycles. The number of hydrogen-bond donors (Lipinski definition) is 1. The summed E-state index contributed by atoms with van der Waals surface area (Å²) in [5.74, 6) is 1.24. The van der Waals surface area contributed by atoms with Crippen LogP contribution in [0.25, 0.3) is 0 Å². The number of ether oxygens (including phenoxy) is 3. The minimum absolute atomic E-state index is 0.182. The second-order valence-corrected chi connectivity index (χ2v) is 3.69. The maximum atomic E-state index is 7.60. The SMILES string of the molecule is CCOC(=N)Cc1ccc(OC)c(OC)c1Cl. The van der Waals surface area contributed by atoms with E-state index in [4.69, 9.17) is 31.2 Å². The van der Waals surface area contributed by atoms with E-state index in [2.05, 4.69) is 0 Å². The lowest BCUT2D eigenvalue weighted by Crippen LogP contribution is -2.07. The first kappa shape index (κ1) is 13.6. The van der Waals surface area contributed by atoms with Crippen LogP contribution in [-0.2, 0) is 11.2 Å². The van der Waals surface area contributed by atoms with Gasteiger partial charge in [-0.05, 0) is 18.6 Å². The van der Waals surface area contributed by atoms with Crippen LogP contribution in [0.15, 0.2) is 12.1 Å². The lowest BCUT2D eigenvalue weighted by molar-refractivity contribution is 0.316. The zero-order valence-electron chi connectivity index (χ0n) is 10.2. The number of nitrogens with one attached hydrogen (secondary N) is 1. The number of halogens is 1. The van der Waals surface area contributed by atoms with Crippen LogP contribution in [0.3, 0.4) is 0 Å². The summed E-state index contributed by atoms with van der Waals surface area (Å²) in [6.45, 7) is 2.31. The van der Waals surface area contributed by atoms with Gasteiger partial charge in [-0.15, -0.1) is 0 Å². The lowest BCUT2D eigenvalue weighted by atomic mass is 10.1. The van der Waals surface area contributed by atoms with Gasteiger partial charge in [0.15, 0.2) is 17.4 Å². The molecule has 0 heterocycles. The van der Waals surface area contributed by atoms with Gasteiger partial charge in [0, 0.05) is 6.42 Å². The summed E-state index contributed by atoms with van der Waals surface area (Å²) in [5.41, 5.74) is 0.780. The average Bonchev–Trinajstić information content (AvgIpc) is 2.31. The predicted octanol–water partition coefficient (Wildman–Crippen LogP) is 2.91. The van der Waals surface area contributed by atoms with E-state index in [0.29, 0.717) is 29.5 Å². The van der Waals surface area contributed by atoms with Crippen molar-refractivity contribution < 1.29 is 14.2 Å². The first-order valence-electron chi connectivity index (χ1n) is 5.23. The van der Waals surface area contributed by atoms with E-state index < -0.39 is 0 Å². The van der Waals surface area contributed by atoms with Gasteiger partial charge in [0.2, 0.25) is 0 Å². The molecule has 0 aromatic heterocycles. The smallest absolute Gasteiger partial charge is 0.184 e. The summed E-state index contributed by atoms with van der Waals surface area (Å²) in [5, 5.41) is 8.05. The quantitative estimate of drug-likeness (QED) is 0.652. The molecule has 4 nitrogen and oxygen atoms in total. The third kappa shape index (κ3) is 3.27. The summed E-state index contributed by atoms with van der Waals surface area (Å²) in [7, 11) is 3.08. The van der Waals surface area contributed by atoms with Crippen LogP contribution in [0.2, 0.25) is 5.02 Å². The highest BCUT2D eigenvalue weighted by atomic mass is 35.5. The summed E-state index contributed by atoms with van der Waals surface area (Å²) < 4.78 is 15.4. The largest absolute Gasteiger partial charge is 0.493 e. The molecule has 0 bridgehead atoms. The van der Waals surface area contributed by atoms with Crippen molar-refractivity contribution in [3.05, 3.63) is 22.7 Å². The summed E-state index contributed by atoms with van der Waals surface area (Å²) in [6.07, 6.45) is 0.340. The Labute approximate surface area is 106 Å². The molecule has 1 aromatic carbocycles. The summed E-state index contributed by atoms with van der Waals surface area (Å²) >= 11 is 6.18. The van der Waals surface area contributed by atoms with Crippen molar-refractivity contribution in [3.8, 4) is 11.5 Å². The Kier molecular flexibility index (Phi) is 5.10. The normalized spacial score (nSPS) is 9.88. The molecule has 17 heavy (non-hydrogen) atoms. The zero-order valence-corrected chi connectivity index (χ0v) is 10.9. The summed E-state index contributed by atoms with van der Waals surface area (Å²) in [6, 6.07) is 3.57. The average molecular weight is 258 g/mol. The van der Waals surface area contributed by atoms with Gasteiger partial charge in [-0.2, -0.15) is 0 Å². The monoisotopic (exact) mass is 257 g/mol. The van der Waals surface area contributed by atoms with Crippen LogP contribution in [0, 0.1) is 5.41 Å². The molecule has 0 spiro atoms. The van der Waals surface area contributed by atoms with Crippen molar-refractivity contribution in [1.29, 1.82) is 5.41 Å². The Morgan fingerprint density at radius 2 is 2.00 bits per heavy atom. The van der Waals surface area contributed by atoms with E-state index in [9.17, 15) is 0 Å². The van der Waals surface area contributed by atoms with Gasteiger partial charge in [-0.1, -0.05) is 17.7 Å². The molecular weight excluding hydrogens is 242 g/mol. The second kappa shape index (κ2) is 6.35. The Bertz CT molecular complexity index is 407. The van der Waals surface area contributed by atoms with Gasteiger partial charge in [0.25, 0.3) is 0 Å². The maximum Gasteiger partial charge on any atom is 0.184 e. The third-order valence-electron chi connectivity index (χ3n) is 2.23. The van der Waals surface area contributed by atoms with Crippen LogP contribution in [0.5, 0.6) is 11.5 Å². The molecule has 94 valence electrons. The molecule has 0 amide bonds. The zero-order chi connectivity index (χ0) is 12.8. The molecule has 1 aromatic rings. The first-order chi connectivity index (χ1) is 8.13. The van der Waals surface area contributed by atoms with Gasteiger partial charge < -0.3 is 14.2 Å². The van der Waals surface area contributed by atoms with E-state index >= 15 is 0 Å². The number of benzene rings is 1. The molecule has 0 fully saturated rings. The Morgan fingerprint density at radius 3 is 2.53 bits per heavy atom. The van der Waals surface area contributed by atoms with Crippen LogP contribution in [0.1, 0.15) is 12.5 Å². The number of rotatable bonds is 5. The van der Waals surface area contributed by atoms with Gasteiger partial charge in [-0.3, -0.25) is 5.41 Å². The highest BCUT2D eigenvalue weighted by Gasteiger charge is 2.14. The highest BCUT2D eigenvalue weighted by molar-refractivity contribution is 6.33. The van der Waals surface area contributed by atoms with Crippen LogP contribution in [0.4, 0.5) is 0 Å². The highest BCUT2D eigenvalue weighted by Crippen LogP contribution is 2.37. The Hall–Kier alpha value is -1.42. The molecule has 1 N–H and O–H groups in total. The van der Waals surface area contributed by atoms with E-state index in [1.807, 2.05) is 6.92 Å². The Morgan fingerprint density at radius 1 is 1.29 bits per heavy atom. The fourth-order valence-electron chi connectivity index (χ4n) is 1.46. The van der Waals surface area contributed by atoms with E-state index in [1.165, 1.54) is 7.11 Å². The van der Waals surface area contributed by atoms with Crippen molar-refractivity contribution >= 4 is 17.5 Å². The van der Waals surface area contributed by atoms with Gasteiger partial charge in [-0.25, -0.2) is 0 Å². The topological polar surface area (TPSA) is 51.5 Å². The van der Waals surface area contributed by atoms with Gasteiger partial charge >= 0.3 is 0 Å². The minimum atomic E-state index is 0.182. The molecule has 5 heteroatoms. The van der Waals surface area contributed by atoms with Crippen molar-refractivity contribution in [2.24, 2.45) is 0 Å². The second-order valence-electron chi connectivity index (χ2n) is 3.31. The van der Waals surface area contributed by atoms with Crippen molar-refractivity contribution in [2.75, 3.05) is 20.8 Å². The van der Waals surface area contributed by atoms with Crippen LogP contribution >= 0.6 is 11.6 Å². The van der Waals surface area contributed by atoms with E-state index in [0.717, 1.165) is 5.56 Å². The molecule has 0 aliphatic carbocycles.